The zero-order chi connectivity index (χ0) is 16.2. The average molecular weight is 332 g/mol. The molecule has 3 rings (SSSR count). The van der Waals surface area contributed by atoms with Crippen molar-refractivity contribution in [2.24, 2.45) is 0 Å². The van der Waals surface area contributed by atoms with Crippen molar-refractivity contribution in [2.75, 3.05) is 13.7 Å². The quantitative estimate of drug-likeness (QED) is 0.849. The van der Waals surface area contributed by atoms with Gasteiger partial charge in [0.1, 0.15) is 0 Å². The number of rotatable bonds is 5. The van der Waals surface area contributed by atoms with Gasteiger partial charge in [0.2, 0.25) is 11.2 Å². The van der Waals surface area contributed by atoms with E-state index in [-0.39, 0.29) is 5.28 Å². The number of hydrogen-bond acceptors (Lipinski definition) is 4. The van der Waals surface area contributed by atoms with E-state index in [9.17, 15) is 0 Å². The van der Waals surface area contributed by atoms with E-state index in [0.29, 0.717) is 11.9 Å². The number of methoxy groups -OCH3 is 1. The monoisotopic (exact) mass is 331 g/mol. The number of nitrogens with one attached hydrogen (secondary N) is 1. The molecule has 0 bridgehead atoms. The lowest BCUT2D eigenvalue weighted by Gasteiger charge is -2.26. The van der Waals surface area contributed by atoms with Crippen molar-refractivity contribution in [1.82, 2.24) is 15.3 Å². The number of aryl methyl sites for hydroxylation is 2. The number of hydrogen-bond donors (Lipinski definition) is 1. The molecule has 1 aromatic carbocycles. The van der Waals surface area contributed by atoms with Crippen LogP contribution in [0.15, 0.2) is 24.3 Å². The molecule has 2 aromatic rings. The molecule has 1 atom stereocenters. The molecule has 0 amide bonds. The molecule has 1 N–H and O–H groups in total. The number of ether oxygens (including phenoxy) is 1. The fraction of sp³-hybridized carbons (Fsp3) is 0.444. The van der Waals surface area contributed by atoms with Gasteiger partial charge in [-0.25, -0.2) is 4.98 Å². The topological polar surface area (TPSA) is 47.0 Å². The average Bonchev–Trinajstić information content (AvgIpc) is 2.56. The second kappa shape index (κ2) is 7.28. The Morgan fingerprint density at radius 1 is 1.30 bits per heavy atom. The summed E-state index contributed by atoms with van der Waals surface area (Å²) in [5.41, 5.74) is 4.82. The summed E-state index contributed by atoms with van der Waals surface area (Å²) in [6, 6.07) is 9.16. The molecule has 5 heteroatoms. The Labute approximate surface area is 142 Å². The first-order valence-corrected chi connectivity index (χ1v) is 8.45. The van der Waals surface area contributed by atoms with Gasteiger partial charge in [-0.15, -0.1) is 0 Å². The van der Waals surface area contributed by atoms with Gasteiger partial charge in [0, 0.05) is 23.8 Å². The Morgan fingerprint density at radius 3 is 2.96 bits per heavy atom. The van der Waals surface area contributed by atoms with Crippen molar-refractivity contribution in [3.63, 3.8) is 0 Å². The highest BCUT2D eigenvalue weighted by molar-refractivity contribution is 6.28. The molecular formula is C18H22ClN3O. The van der Waals surface area contributed by atoms with Crippen molar-refractivity contribution in [3.8, 4) is 5.88 Å². The minimum Gasteiger partial charge on any atom is -0.481 e. The molecule has 122 valence electrons. The van der Waals surface area contributed by atoms with E-state index in [2.05, 4.69) is 39.6 Å². The van der Waals surface area contributed by atoms with Crippen LogP contribution in [0, 0.1) is 6.92 Å². The largest absolute Gasteiger partial charge is 0.481 e. The zero-order valence-electron chi connectivity index (χ0n) is 13.6. The maximum Gasteiger partial charge on any atom is 0.225 e. The third-order valence-corrected chi connectivity index (χ3v) is 4.65. The van der Waals surface area contributed by atoms with Gasteiger partial charge in [-0.2, -0.15) is 4.98 Å². The molecule has 1 aliphatic rings. The van der Waals surface area contributed by atoms with Gasteiger partial charge in [-0.3, -0.25) is 0 Å². The van der Waals surface area contributed by atoms with Crippen LogP contribution >= 0.6 is 11.6 Å². The second-order valence-corrected chi connectivity index (χ2v) is 6.25. The van der Waals surface area contributed by atoms with Crippen LogP contribution in [-0.4, -0.2) is 23.6 Å². The molecular weight excluding hydrogens is 310 g/mol. The number of aromatic nitrogens is 2. The predicted octanol–water partition coefficient (Wildman–Crippen LogP) is 3.66. The Balaban J connectivity index is 1.67. The van der Waals surface area contributed by atoms with Crippen LogP contribution in [-0.2, 0) is 12.8 Å². The molecule has 4 nitrogen and oxygen atoms in total. The molecule has 23 heavy (non-hydrogen) atoms. The van der Waals surface area contributed by atoms with Crippen LogP contribution in [0.1, 0.15) is 41.3 Å². The second-order valence-electron chi connectivity index (χ2n) is 5.91. The first-order chi connectivity index (χ1) is 11.2. The van der Waals surface area contributed by atoms with E-state index in [4.69, 9.17) is 16.3 Å². The molecule has 1 unspecified atom stereocenters. The van der Waals surface area contributed by atoms with Gasteiger partial charge >= 0.3 is 0 Å². The normalized spacial score (nSPS) is 16.9. The van der Waals surface area contributed by atoms with Gasteiger partial charge in [-0.05, 0) is 55.3 Å². The minimum atomic E-state index is 0.234. The lowest BCUT2D eigenvalue weighted by atomic mass is 9.87. The highest BCUT2D eigenvalue weighted by Crippen LogP contribution is 2.29. The summed E-state index contributed by atoms with van der Waals surface area (Å²) in [6.07, 6.45) is 4.43. The molecule has 0 fully saturated rings. The van der Waals surface area contributed by atoms with Gasteiger partial charge in [0.05, 0.1) is 7.11 Å². The molecule has 0 spiro atoms. The summed E-state index contributed by atoms with van der Waals surface area (Å²) in [5.74, 6) is 0.577. The van der Waals surface area contributed by atoms with E-state index < -0.39 is 0 Å². The van der Waals surface area contributed by atoms with E-state index in [1.54, 1.807) is 7.11 Å². The molecule has 1 heterocycles. The molecule has 0 radical (unpaired) electrons. The van der Waals surface area contributed by atoms with Gasteiger partial charge in [0.25, 0.3) is 0 Å². The molecule has 0 aliphatic heterocycles. The van der Waals surface area contributed by atoms with Crippen molar-refractivity contribution in [1.29, 1.82) is 0 Å². The van der Waals surface area contributed by atoms with Gasteiger partial charge in [0.15, 0.2) is 0 Å². The Morgan fingerprint density at radius 2 is 2.13 bits per heavy atom. The molecule has 0 saturated heterocycles. The third-order valence-electron chi connectivity index (χ3n) is 4.48. The third kappa shape index (κ3) is 3.65. The summed E-state index contributed by atoms with van der Waals surface area (Å²) in [6.45, 7) is 2.81. The van der Waals surface area contributed by atoms with Crippen molar-refractivity contribution in [2.45, 2.75) is 38.6 Å². The summed E-state index contributed by atoms with van der Waals surface area (Å²) in [7, 11) is 1.62. The highest BCUT2D eigenvalue weighted by Gasteiger charge is 2.19. The fourth-order valence-electron chi connectivity index (χ4n) is 3.33. The summed E-state index contributed by atoms with van der Waals surface area (Å²) >= 11 is 5.90. The Bertz CT molecular complexity index is 690. The Hall–Kier alpha value is -1.65. The number of benzene rings is 1. The standard InChI is InChI=1S/C18H22ClN3O/c1-12-14(17(23-2)22-18(19)21-12)10-11-20-16-9-5-7-13-6-3-4-8-15(13)16/h3-4,6,8,16,20H,5,7,9-11H2,1-2H3. The van der Waals surface area contributed by atoms with Crippen LogP contribution in [0.3, 0.4) is 0 Å². The minimum absolute atomic E-state index is 0.234. The van der Waals surface area contributed by atoms with Crippen LogP contribution in [0.2, 0.25) is 5.28 Å². The van der Waals surface area contributed by atoms with Crippen LogP contribution < -0.4 is 10.1 Å². The maximum atomic E-state index is 5.90. The van der Waals surface area contributed by atoms with E-state index >= 15 is 0 Å². The summed E-state index contributed by atoms with van der Waals surface area (Å²) in [4.78, 5) is 8.39. The van der Waals surface area contributed by atoms with Gasteiger partial charge in [-0.1, -0.05) is 24.3 Å². The Kier molecular flexibility index (Phi) is 5.13. The van der Waals surface area contributed by atoms with Crippen molar-refractivity contribution < 1.29 is 4.74 Å². The highest BCUT2D eigenvalue weighted by atomic mass is 35.5. The van der Waals surface area contributed by atoms with Crippen LogP contribution in [0.5, 0.6) is 5.88 Å². The smallest absolute Gasteiger partial charge is 0.225 e. The van der Waals surface area contributed by atoms with Gasteiger partial charge < -0.3 is 10.1 Å². The van der Waals surface area contributed by atoms with E-state index in [0.717, 1.165) is 24.2 Å². The maximum absolute atomic E-state index is 5.90. The lowest BCUT2D eigenvalue weighted by molar-refractivity contribution is 0.388. The van der Waals surface area contributed by atoms with Crippen LogP contribution in [0.25, 0.3) is 0 Å². The zero-order valence-corrected chi connectivity index (χ0v) is 14.4. The summed E-state index contributed by atoms with van der Waals surface area (Å²) < 4.78 is 5.34. The molecule has 1 aliphatic carbocycles. The first kappa shape index (κ1) is 16.2. The summed E-state index contributed by atoms with van der Waals surface area (Å²) in [5, 5.41) is 3.91. The van der Waals surface area contributed by atoms with E-state index in [1.807, 2.05) is 6.92 Å². The van der Waals surface area contributed by atoms with Crippen molar-refractivity contribution >= 4 is 11.6 Å². The number of nitrogens with zero attached hydrogens (tertiary/aromatic N) is 2. The number of fused-ring (bicyclic) bond motifs is 1. The SMILES string of the molecule is COc1nc(Cl)nc(C)c1CCNC1CCCc2ccccc21. The molecule has 1 aromatic heterocycles. The fourth-order valence-corrected chi connectivity index (χ4v) is 3.53. The number of halogens is 1. The van der Waals surface area contributed by atoms with Crippen molar-refractivity contribution in [3.05, 3.63) is 51.9 Å². The molecule has 0 saturated carbocycles. The lowest BCUT2D eigenvalue weighted by Crippen LogP contribution is -2.27. The van der Waals surface area contributed by atoms with Crippen LogP contribution in [0.4, 0.5) is 0 Å². The predicted molar refractivity (Wildman–Crippen MR) is 92.2 cm³/mol. The van der Waals surface area contributed by atoms with E-state index in [1.165, 1.54) is 30.4 Å². The first-order valence-electron chi connectivity index (χ1n) is 8.07.